The lowest BCUT2D eigenvalue weighted by Crippen LogP contribution is -2.57. The van der Waals surface area contributed by atoms with Gasteiger partial charge in [-0.3, -0.25) is 0 Å². The van der Waals surface area contributed by atoms with Gasteiger partial charge in [0.15, 0.2) is 0 Å². The van der Waals surface area contributed by atoms with Crippen LogP contribution < -0.4 is 10.2 Å². The van der Waals surface area contributed by atoms with Crippen molar-refractivity contribution in [3.05, 3.63) is 18.1 Å². The van der Waals surface area contributed by atoms with E-state index in [0.717, 1.165) is 37.7 Å². The van der Waals surface area contributed by atoms with E-state index in [9.17, 15) is 0 Å². The van der Waals surface area contributed by atoms with E-state index >= 15 is 0 Å². The van der Waals surface area contributed by atoms with Crippen LogP contribution >= 0.6 is 0 Å². The zero-order valence-electron chi connectivity index (χ0n) is 9.40. The van der Waals surface area contributed by atoms with Crippen molar-refractivity contribution in [3.8, 4) is 0 Å². The minimum Gasteiger partial charge on any atom is -0.351 e. The van der Waals surface area contributed by atoms with Gasteiger partial charge in [-0.2, -0.15) is 0 Å². The molecule has 4 nitrogen and oxygen atoms in total. The van der Waals surface area contributed by atoms with E-state index in [1.807, 2.05) is 19.2 Å². The predicted octanol–water partition coefficient (Wildman–Crippen LogP) is 0.973. The molecule has 1 saturated heterocycles. The number of nitrogens with zero attached hydrogens (tertiary/aromatic N) is 3. The first kappa shape index (κ1) is 10.4. The van der Waals surface area contributed by atoms with E-state index in [0.29, 0.717) is 6.04 Å². The average Bonchev–Trinajstić information content (AvgIpc) is 2.14. The normalized spacial score (nSPS) is 16.1. The number of rotatable bonds is 4. The third kappa shape index (κ3) is 2.26. The van der Waals surface area contributed by atoms with E-state index in [1.54, 1.807) is 0 Å². The minimum atomic E-state index is 0.610. The van der Waals surface area contributed by atoms with Gasteiger partial charge in [-0.25, -0.2) is 9.97 Å². The molecule has 0 atom stereocenters. The van der Waals surface area contributed by atoms with Gasteiger partial charge in [0.1, 0.15) is 11.6 Å². The number of aryl methyl sites for hydroxylation is 1. The summed E-state index contributed by atoms with van der Waals surface area (Å²) in [6.45, 7) is 7.36. The minimum absolute atomic E-state index is 0.610. The molecule has 1 N–H and O–H groups in total. The Morgan fingerprint density at radius 3 is 2.87 bits per heavy atom. The second-order valence-corrected chi connectivity index (χ2v) is 3.97. The first-order chi connectivity index (χ1) is 7.31. The molecule has 1 aromatic rings. The van der Waals surface area contributed by atoms with Crippen LogP contribution in [0.1, 0.15) is 19.2 Å². The highest BCUT2D eigenvalue weighted by Gasteiger charge is 2.24. The zero-order chi connectivity index (χ0) is 10.7. The molecule has 1 aromatic heterocycles. The van der Waals surface area contributed by atoms with Crippen molar-refractivity contribution in [1.82, 2.24) is 15.3 Å². The molecule has 0 aliphatic carbocycles. The average molecular weight is 206 g/mol. The van der Waals surface area contributed by atoms with E-state index in [4.69, 9.17) is 0 Å². The number of hydrogen-bond acceptors (Lipinski definition) is 4. The van der Waals surface area contributed by atoms with Gasteiger partial charge < -0.3 is 10.2 Å². The van der Waals surface area contributed by atoms with Gasteiger partial charge in [0, 0.05) is 25.8 Å². The van der Waals surface area contributed by atoms with Crippen molar-refractivity contribution in [1.29, 1.82) is 0 Å². The fraction of sp³-hybridized carbons (Fsp3) is 0.636. The van der Waals surface area contributed by atoms with Crippen molar-refractivity contribution in [2.75, 3.05) is 24.5 Å². The van der Waals surface area contributed by atoms with Crippen molar-refractivity contribution in [2.24, 2.45) is 0 Å². The smallest absolute Gasteiger partial charge is 0.132 e. The van der Waals surface area contributed by atoms with Gasteiger partial charge in [-0.1, -0.05) is 6.92 Å². The van der Waals surface area contributed by atoms with Gasteiger partial charge in [0.25, 0.3) is 0 Å². The third-order valence-corrected chi connectivity index (χ3v) is 2.72. The third-order valence-electron chi connectivity index (χ3n) is 2.72. The summed E-state index contributed by atoms with van der Waals surface area (Å²) in [7, 11) is 0. The molecule has 0 aromatic carbocycles. The number of anilines is 1. The Morgan fingerprint density at radius 1 is 1.53 bits per heavy atom. The van der Waals surface area contributed by atoms with Crippen molar-refractivity contribution in [3.63, 3.8) is 0 Å². The lowest BCUT2D eigenvalue weighted by Gasteiger charge is -2.39. The molecule has 82 valence electrons. The maximum atomic E-state index is 4.48. The van der Waals surface area contributed by atoms with Gasteiger partial charge in [-0.05, 0) is 19.4 Å². The van der Waals surface area contributed by atoms with Crippen LogP contribution in [0.15, 0.2) is 12.3 Å². The van der Waals surface area contributed by atoms with Crippen LogP contribution in [-0.4, -0.2) is 35.6 Å². The Bertz CT molecular complexity index is 322. The second-order valence-electron chi connectivity index (χ2n) is 3.97. The molecular weight excluding hydrogens is 188 g/mol. The summed E-state index contributed by atoms with van der Waals surface area (Å²) < 4.78 is 0. The van der Waals surface area contributed by atoms with E-state index in [2.05, 4.69) is 27.1 Å². The Balaban J connectivity index is 2.15. The first-order valence-electron chi connectivity index (χ1n) is 5.58. The summed E-state index contributed by atoms with van der Waals surface area (Å²) in [5, 5.41) is 3.30. The molecule has 1 aliphatic heterocycles. The van der Waals surface area contributed by atoms with E-state index in [1.165, 1.54) is 0 Å². The predicted molar refractivity (Wildman–Crippen MR) is 61.1 cm³/mol. The molecule has 1 aliphatic rings. The molecule has 0 spiro atoms. The second kappa shape index (κ2) is 4.57. The Kier molecular flexibility index (Phi) is 3.16. The molecule has 15 heavy (non-hydrogen) atoms. The summed E-state index contributed by atoms with van der Waals surface area (Å²) in [4.78, 5) is 11.0. The summed E-state index contributed by atoms with van der Waals surface area (Å²) >= 11 is 0. The Labute approximate surface area is 90.7 Å². The summed E-state index contributed by atoms with van der Waals surface area (Å²) in [6, 6.07) is 2.61. The van der Waals surface area contributed by atoms with Crippen molar-refractivity contribution < 1.29 is 0 Å². The van der Waals surface area contributed by atoms with Crippen LogP contribution in [0.25, 0.3) is 0 Å². The summed E-state index contributed by atoms with van der Waals surface area (Å²) in [5.41, 5.74) is 0. The highest BCUT2D eigenvalue weighted by molar-refractivity contribution is 5.40. The Morgan fingerprint density at radius 2 is 2.33 bits per heavy atom. The van der Waals surface area contributed by atoms with Crippen molar-refractivity contribution in [2.45, 2.75) is 26.3 Å². The number of aromatic nitrogens is 2. The molecule has 0 saturated carbocycles. The maximum Gasteiger partial charge on any atom is 0.132 e. The van der Waals surface area contributed by atoms with Gasteiger partial charge >= 0.3 is 0 Å². The molecule has 0 unspecified atom stereocenters. The molecule has 1 fully saturated rings. The molecule has 4 heteroatoms. The Hall–Kier alpha value is -1.16. The first-order valence-corrected chi connectivity index (χ1v) is 5.58. The largest absolute Gasteiger partial charge is 0.351 e. The fourth-order valence-electron chi connectivity index (χ4n) is 1.82. The quantitative estimate of drug-likeness (QED) is 0.797. The van der Waals surface area contributed by atoms with Gasteiger partial charge in [0.2, 0.25) is 0 Å². The highest BCUT2D eigenvalue weighted by Crippen LogP contribution is 2.16. The van der Waals surface area contributed by atoms with E-state index in [-0.39, 0.29) is 0 Å². The van der Waals surface area contributed by atoms with Crippen LogP contribution in [-0.2, 0) is 0 Å². The maximum absolute atomic E-state index is 4.48. The number of hydrogen-bond donors (Lipinski definition) is 1. The van der Waals surface area contributed by atoms with Crippen LogP contribution in [0.5, 0.6) is 0 Å². The lowest BCUT2D eigenvalue weighted by molar-refractivity contribution is 0.410. The van der Waals surface area contributed by atoms with Crippen LogP contribution in [0.3, 0.4) is 0 Å². The van der Waals surface area contributed by atoms with Gasteiger partial charge in [-0.15, -0.1) is 0 Å². The molecule has 2 rings (SSSR count). The van der Waals surface area contributed by atoms with Crippen LogP contribution in [0, 0.1) is 6.92 Å². The lowest BCUT2D eigenvalue weighted by atomic mass is 10.1. The standard InChI is InChI=1S/C11H18N4/c1-3-6-15(10-7-12-8-10)11-4-5-13-9(2)14-11/h4-5,10,12H,3,6-8H2,1-2H3. The molecule has 0 amide bonds. The number of nitrogens with one attached hydrogen (secondary N) is 1. The zero-order valence-corrected chi connectivity index (χ0v) is 9.40. The molecule has 2 heterocycles. The van der Waals surface area contributed by atoms with Crippen molar-refractivity contribution >= 4 is 5.82 Å². The SMILES string of the molecule is CCCN(c1ccnc(C)n1)C1CNC1. The van der Waals surface area contributed by atoms with Crippen LogP contribution in [0.4, 0.5) is 5.82 Å². The highest BCUT2D eigenvalue weighted by atomic mass is 15.3. The molecule has 0 radical (unpaired) electrons. The van der Waals surface area contributed by atoms with Gasteiger partial charge in [0.05, 0.1) is 6.04 Å². The summed E-state index contributed by atoms with van der Waals surface area (Å²) in [6.07, 6.45) is 2.99. The molecule has 0 bridgehead atoms. The fourth-order valence-corrected chi connectivity index (χ4v) is 1.82. The monoisotopic (exact) mass is 206 g/mol. The molecular formula is C11H18N4. The topological polar surface area (TPSA) is 41.1 Å². The van der Waals surface area contributed by atoms with Crippen LogP contribution in [0.2, 0.25) is 0 Å². The van der Waals surface area contributed by atoms with E-state index < -0.39 is 0 Å². The summed E-state index contributed by atoms with van der Waals surface area (Å²) in [5.74, 6) is 1.91.